The molecular formula is C27H37N3O. The maximum atomic E-state index is 13.0. The van der Waals surface area contributed by atoms with Gasteiger partial charge in [-0.05, 0) is 62.4 Å². The minimum absolute atomic E-state index is 0.185. The van der Waals surface area contributed by atoms with Gasteiger partial charge in [0, 0.05) is 39.1 Å². The summed E-state index contributed by atoms with van der Waals surface area (Å²) in [6.45, 7) is 7.49. The van der Waals surface area contributed by atoms with Crippen molar-refractivity contribution in [3.63, 3.8) is 0 Å². The van der Waals surface area contributed by atoms with Crippen LogP contribution in [0.2, 0.25) is 0 Å². The predicted molar refractivity (Wildman–Crippen MR) is 128 cm³/mol. The molecule has 0 bridgehead atoms. The maximum Gasteiger partial charge on any atom is 0.225 e. The summed E-state index contributed by atoms with van der Waals surface area (Å²) in [5.41, 5.74) is 2.63. The number of amides is 1. The van der Waals surface area contributed by atoms with E-state index in [-0.39, 0.29) is 5.92 Å². The van der Waals surface area contributed by atoms with Gasteiger partial charge in [0.05, 0.1) is 0 Å². The largest absolute Gasteiger partial charge is 0.341 e. The van der Waals surface area contributed by atoms with Crippen LogP contribution in [0.3, 0.4) is 0 Å². The summed E-state index contributed by atoms with van der Waals surface area (Å²) in [4.78, 5) is 20.1. The third-order valence-corrected chi connectivity index (χ3v) is 6.92. The number of hydrogen-bond donors (Lipinski definition) is 0. The zero-order valence-electron chi connectivity index (χ0n) is 19.0. The third-order valence-electron chi connectivity index (χ3n) is 6.92. The molecule has 0 saturated carbocycles. The molecule has 31 heavy (non-hydrogen) atoms. The van der Waals surface area contributed by atoms with Crippen molar-refractivity contribution in [3.8, 4) is 0 Å². The van der Waals surface area contributed by atoms with Gasteiger partial charge in [0.25, 0.3) is 0 Å². The highest BCUT2D eigenvalue weighted by Gasteiger charge is 2.30. The van der Waals surface area contributed by atoms with Crippen LogP contribution >= 0.6 is 0 Å². The van der Waals surface area contributed by atoms with Gasteiger partial charge in [-0.1, -0.05) is 60.7 Å². The van der Waals surface area contributed by atoms with Crippen molar-refractivity contribution < 1.29 is 4.79 Å². The molecule has 0 spiro atoms. The molecule has 4 heteroatoms. The molecule has 4 nitrogen and oxygen atoms in total. The van der Waals surface area contributed by atoms with Gasteiger partial charge in [-0.2, -0.15) is 0 Å². The Morgan fingerprint density at radius 1 is 1.03 bits per heavy atom. The summed E-state index contributed by atoms with van der Waals surface area (Å²) in [5, 5.41) is 0. The zero-order chi connectivity index (χ0) is 21.5. The Bertz CT molecular complexity index is 805. The number of hydrogen-bond acceptors (Lipinski definition) is 3. The first kappa shape index (κ1) is 22.0. The van der Waals surface area contributed by atoms with E-state index in [9.17, 15) is 4.79 Å². The minimum atomic E-state index is 0.185. The van der Waals surface area contributed by atoms with Crippen LogP contribution in [0.1, 0.15) is 31.2 Å². The molecule has 166 valence electrons. The molecule has 1 aliphatic carbocycles. The highest BCUT2D eigenvalue weighted by atomic mass is 16.2. The Kier molecular flexibility index (Phi) is 7.76. The fraction of sp³-hybridized carbons (Fsp3) is 0.519. The molecule has 0 radical (unpaired) electrons. The molecule has 2 heterocycles. The fourth-order valence-corrected chi connectivity index (χ4v) is 5.17. The van der Waals surface area contributed by atoms with Crippen molar-refractivity contribution in [2.45, 2.75) is 32.2 Å². The molecule has 1 atom stereocenters. The summed E-state index contributed by atoms with van der Waals surface area (Å²) in [6, 6.07) is 10.8. The highest BCUT2D eigenvalue weighted by Crippen LogP contribution is 2.24. The molecule has 2 fully saturated rings. The molecule has 0 aromatic heterocycles. The monoisotopic (exact) mass is 419 g/mol. The third kappa shape index (κ3) is 6.41. The smallest absolute Gasteiger partial charge is 0.225 e. The van der Waals surface area contributed by atoms with Crippen molar-refractivity contribution in [2.75, 3.05) is 46.3 Å². The second kappa shape index (κ2) is 10.9. The second-order valence-electron chi connectivity index (χ2n) is 9.45. The minimum Gasteiger partial charge on any atom is -0.341 e. The van der Waals surface area contributed by atoms with Gasteiger partial charge in [0.1, 0.15) is 0 Å². The van der Waals surface area contributed by atoms with E-state index in [2.05, 4.69) is 70.5 Å². The molecular weight excluding hydrogens is 382 g/mol. The van der Waals surface area contributed by atoms with Gasteiger partial charge in [0.2, 0.25) is 5.91 Å². The lowest BCUT2D eigenvalue weighted by molar-refractivity contribution is -0.135. The van der Waals surface area contributed by atoms with E-state index in [1.807, 2.05) is 11.9 Å². The van der Waals surface area contributed by atoms with Crippen LogP contribution in [0.15, 0.2) is 66.3 Å². The van der Waals surface area contributed by atoms with E-state index in [1.165, 1.54) is 37.2 Å². The van der Waals surface area contributed by atoms with E-state index in [0.29, 0.717) is 12.5 Å². The summed E-state index contributed by atoms with van der Waals surface area (Å²) in [6.07, 6.45) is 14.9. The first-order valence-corrected chi connectivity index (χ1v) is 11.9. The van der Waals surface area contributed by atoms with Crippen molar-refractivity contribution in [2.24, 2.45) is 11.8 Å². The zero-order valence-corrected chi connectivity index (χ0v) is 19.0. The molecule has 0 unspecified atom stereocenters. The van der Waals surface area contributed by atoms with Crippen molar-refractivity contribution in [3.05, 3.63) is 71.8 Å². The van der Waals surface area contributed by atoms with Crippen molar-refractivity contribution in [1.29, 1.82) is 0 Å². The number of carbonyl (C=O) groups is 1. The molecule has 2 saturated heterocycles. The van der Waals surface area contributed by atoms with Crippen molar-refractivity contribution in [1.82, 2.24) is 14.7 Å². The molecule has 0 N–H and O–H groups in total. The Hall–Kier alpha value is -2.17. The summed E-state index contributed by atoms with van der Waals surface area (Å²) in [5.74, 6) is 1.27. The van der Waals surface area contributed by atoms with Gasteiger partial charge in [-0.25, -0.2) is 0 Å². The first-order chi connectivity index (χ1) is 15.2. The lowest BCUT2D eigenvalue weighted by Crippen LogP contribution is -2.43. The van der Waals surface area contributed by atoms with Gasteiger partial charge in [-0.3, -0.25) is 9.69 Å². The molecule has 3 aliphatic rings. The molecule has 1 aromatic carbocycles. The van der Waals surface area contributed by atoms with Crippen LogP contribution in [0.4, 0.5) is 0 Å². The molecule has 1 amide bonds. The lowest BCUT2D eigenvalue weighted by Gasteiger charge is -2.34. The number of rotatable bonds is 7. The summed E-state index contributed by atoms with van der Waals surface area (Å²) >= 11 is 0. The van der Waals surface area contributed by atoms with Crippen LogP contribution in [0.25, 0.3) is 0 Å². The quantitative estimate of drug-likeness (QED) is 0.665. The van der Waals surface area contributed by atoms with E-state index in [4.69, 9.17) is 0 Å². The van der Waals surface area contributed by atoms with Crippen LogP contribution in [0.5, 0.6) is 0 Å². The number of nitrogens with zero attached hydrogens (tertiary/aromatic N) is 3. The number of likely N-dealkylation sites (N-methyl/N-ethyl adjacent to an activating group) is 1. The maximum absolute atomic E-state index is 13.0. The predicted octanol–water partition coefficient (Wildman–Crippen LogP) is 4.12. The topological polar surface area (TPSA) is 26.8 Å². The van der Waals surface area contributed by atoms with Gasteiger partial charge < -0.3 is 9.80 Å². The normalized spacial score (nSPS) is 23.0. The van der Waals surface area contributed by atoms with Crippen LogP contribution in [-0.2, 0) is 11.3 Å². The van der Waals surface area contributed by atoms with Gasteiger partial charge in [-0.15, -0.1) is 0 Å². The average Bonchev–Trinajstić information content (AvgIpc) is 3.06. The highest BCUT2D eigenvalue weighted by molar-refractivity contribution is 5.79. The first-order valence-electron chi connectivity index (χ1n) is 11.9. The Labute approximate surface area is 187 Å². The number of allylic oxidation sites excluding steroid dienone is 4. The molecule has 4 rings (SSSR count). The number of carbonyl (C=O) groups excluding carboxylic acids is 1. The fourth-order valence-electron chi connectivity index (χ4n) is 5.17. The van der Waals surface area contributed by atoms with E-state index < -0.39 is 0 Å². The summed E-state index contributed by atoms with van der Waals surface area (Å²) in [7, 11) is 1.96. The second-order valence-corrected chi connectivity index (χ2v) is 9.45. The van der Waals surface area contributed by atoms with E-state index in [0.717, 1.165) is 44.8 Å². The standard InChI is InChI=1S/C27H37N3O/c1-28(19-23-9-5-2-3-6-10-23)27(31)26-14-17-29(18-15-26)21-25-13-16-30(22-25)20-24-11-7-4-8-12-24/h2,4-12,25-26H,3,13-22H2,1H3/t25-/m0/s1. The van der Waals surface area contributed by atoms with E-state index in [1.54, 1.807) is 0 Å². The number of piperidine rings is 1. The van der Waals surface area contributed by atoms with Gasteiger partial charge in [0.15, 0.2) is 0 Å². The van der Waals surface area contributed by atoms with Gasteiger partial charge >= 0.3 is 0 Å². The lowest BCUT2D eigenvalue weighted by atomic mass is 9.94. The van der Waals surface area contributed by atoms with Crippen LogP contribution < -0.4 is 0 Å². The average molecular weight is 420 g/mol. The van der Waals surface area contributed by atoms with Crippen LogP contribution in [-0.4, -0.2) is 66.9 Å². The van der Waals surface area contributed by atoms with Crippen LogP contribution in [0, 0.1) is 11.8 Å². The Morgan fingerprint density at radius 3 is 2.61 bits per heavy atom. The Morgan fingerprint density at radius 2 is 1.81 bits per heavy atom. The molecule has 1 aromatic rings. The van der Waals surface area contributed by atoms with E-state index >= 15 is 0 Å². The summed E-state index contributed by atoms with van der Waals surface area (Å²) < 4.78 is 0. The van der Waals surface area contributed by atoms with Crippen molar-refractivity contribution >= 4 is 5.91 Å². The SMILES string of the molecule is CN(CC1=CC=CCC=C1)C(=O)C1CCN(C[C@@H]2CCN(Cc3ccccc3)C2)CC1. The number of benzene rings is 1. The Balaban J connectivity index is 1.18. The molecule has 2 aliphatic heterocycles. The number of likely N-dealkylation sites (tertiary alicyclic amines) is 2.